The van der Waals surface area contributed by atoms with E-state index in [1.165, 1.54) is 18.2 Å². The molecule has 1 N–H and O–H groups in total. The quantitative estimate of drug-likeness (QED) is 0.261. The summed E-state index contributed by atoms with van der Waals surface area (Å²) in [4.78, 5) is 16.7. The average molecular weight is 485 g/mol. The lowest BCUT2D eigenvalue weighted by atomic mass is 10.1. The predicted molar refractivity (Wildman–Crippen MR) is 110 cm³/mol. The third-order valence-electron chi connectivity index (χ3n) is 4.47. The number of carbonyl (C=O) groups excluding carboxylic acids is 1. The minimum Gasteiger partial charge on any atom is -0.491 e. The number of hydrogen-bond acceptors (Lipinski definition) is 4. The lowest BCUT2D eigenvalue weighted by molar-refractivity contribution is 0.101. The molecule has 0 aliphatic heterocycles. The third kappa shape index (κ3) is 3.74. The van der Waals surface area contributed by atoms with Crippen molar-refractivity contribution >= 4 is 45.9 Å². The first-order valence-electron chi connectivity index (χ1n) is 8.78. The molecular weight excluding hydrogens is 475 g/mol. The molecule has 11 heteroatoms. The van der Waals surface area contributed by atoms with E-state index in [2.05, 4.69) is 15.0 Å². The number of aromatic nitrogens is 1. The van der Waals surface area contributed by atoms with Crippen molar-refractivity contribution in [2.24, 2.45) is 0 Å². The van der Waals surface area contributed by atoms with E-state index in [1.54, 1.807) is 18.2 Å². The fourth-order valence-electron chi connectivity index (χ4n) is 2.95. The van der Waals surface area contributed by atoms with Crippen molar-refractivity contribution in [2.45, 2.75) is 0 Å². The fourth-order valence-corrected chi connectivity index (χ4v) is 3.28. The maximum atomic E-state index is 14.2. The molecule has 32 heavy (non-hydrogen) atoms. The largest absolute Gasteiger partial charge is 0.491 e. The lowest BCUT2D eigenvalue weighted by Crippen LogP contribution is -2.19. The van der Waals surface area contributed by atoms with Gasteiger partial charge in [-0.15, -0.1) is 0 Å². The van der Waals surface area contributed by atoms with Crippen LogP contribution in [0.15, 0.2) is 40.8 Å². The number of ether oxygens (including phenoxy) is 1. The van der Waals surface area contributed by atoms with Crippen LogP contribution in [-0.2, 0) is 0 Å². The minimum absolute atomic E-state index is 0.0171. The van der Waals surface area contributed by atoms with Crippen LogP contribution >= 0.6 is 23.2 Å². The second kappa shape index (κ2) is 8.33. The highest BCUT2D eigenvalue weighted by Gasteiger charge is 2.30. The number of carbonyl (C=O) groups is 1. The van der Waals surface area contributed by atoms with Crippen LogP contribution in [0.4, 0.5) is 23.2 Å². The number of anilines is 1. The number of amides is 1. The Bertz CT molecular complexity index is 1360. The molecule has 0 bridgehead atoms. The third-order valence-corrected chi connectivity index (χ3v) is 5.03. The van der Waals surface area contributed by atoms with Crippen molar-refractivity contribution in [3.63, 3.8) is 0 Å². The van der Waals surface area contributed by atoms with Crippen LogP contribution in [-0.4, -0.2) is 18.0 Å². The van der Waals surface area contributed by atoms with E-state index in [1.807, 2.05) is 0 Å². The smallest absolute Gasteiger partial charge is 0.261 e. The maximum absolute atomic E-state index is 14.2. The Labute approximate surface area is 187 Å². The molecule has 0 saturated heterocycles. The number of nitrogens with zero attached hydrogens (tertiary/aromatic N) is 1. The Kier molecular flexibility index (Phi) is 5.70. The second-order valence-electron chi connectivity index (χ2n) is 6.44. The normalized spacial score (nSPS) is 11.1. The summed E-state index contributed by atoms with van der Waals surface area (Å²) < 4.78 is 66.3. The van der Waals surface area contributed by atoms with Gasteiger partial charge in [0.05, 0.1) is 17.8 Å². The van der Waals surface area contributed by atoms with Gasteiger partial charge < -0.3 is 14.5 Å². The summed E-state index contributed by atoms with van der Waals surface area (Å²) in [5, 5.41) is 2.57. The minimum atomic E-state index is -1.92. The standard InChI is InChI=1S/C21H10Cl2F4N2O3/c1-31-19-17(26)15(24)14(16(25)18(19)27)20(30)28-11-6-8(2-4-10(11)23)21-29-12-7-9(22)3-5-13(12)32-21/h2-7H,1H3,(H,28,30). The number of halogens is 6. The Balaban J connectivity index is 1.72. The van der Waals surface area contributed by atoms with Crippen molar-refractivity contribution in [1.82, 2.24) is 4.98 Å². The molecule has 0 fully saturated rings. The molecule has 1 heterocycles. The van der Waals surface area contributed by atoms with Crippen LogP contribution in [0.1, 0.15) is 10.4 Å². The zero-order valence-electron chi connectivity index (χ0n) is 15.9. The monoisotopic (exact) mass is 484 g/mol. The van der Waals surface area contributed by atoms with E-state index >= 15 is 0 Å². The van der Waals surface area contributed by atoms with Crippen LogP contribution in [0.3, 0.4) is 0 Å². The number of rotatable bonds is 4. The number of oxazole rings is 1. The van der Waals surface area contributed by atoms with Gasteiger partial charge in [-0.1, -0.05) is 23.2 Å². The molecule has 0 spiro atoms. The summed E-state index contributed by atoms with van der Waals surface area (Å²) in [7, 11) is 0.825. The molecule has 0 aliphatic carbocycles. The van der Waals surface area contributed by atoms with E-state index < -0.39 is 40.5 Å². The van der Waals surface area contributed by atoms with Gasteiger partial charge in [-0.2, -0.15) is 8.78 Å². The van der Waals surface area contributed by atoms with Gasteiger partial charge in [0.25, 0.3) is 5.91 Å². The van der Waals surface area contributed by atoms with E-state index in [-0.39, 0.29) is 16.6 Å². The zero-order chi connectivity index (χ0) is 23.2. The van der Waals surface area contributed by atoms with E-state index in [4.69, 9.17) is 27.6 Å². The number of nitrogens with one attached hydrogen (secondary N) is 1. The van der Waals surface area contributed by atoms with Gasteiger partial charge in [-0.3, -0.25) is 4.79 Å². The molecule has 164 valence electrons. The number of benzene rings is 3. The first-order chi connectivity index (χ1) is 15.2. The highest BCUT2D eigenvalue weighted by Crippen LogP contribution is 2.33. The predicted octanol–water partition coefficient (Wildman–Crippen LogP) is 6.62. The summed E-state index contributed by atoms with van der Waals surface area (Å²) in [6.45, 7) is 0. The summed E-state index contributed by atoms with van der Waals surface area (Å²) >= 11 is 12.0. The highest BCUT2D eigenvalue weighted by atomic mass is 35.5. The molecule has 1 amide bonds. The van der Waals surface area contributed by atoms with Gasteiger partial charge in [-0.25, -0.2) is 13.8 Å². The summed E-state index contributed by atoms with van der Waals surface area (Å²) in [5.41, 5.74) is -0.312. The molecule has 1 aromatic heterocycles. The first-order valence-corrected chi connectivity index (χ1v) is 9.54. The summed E-state index contributed by atoms with van der Waals surface area (Å²) in [5.74, 6) is -10.1. The topological polar surface area (TPSA) is 64.4 Å². The molecule has 4 rings (SSSR count). The van der Waals surface area contributed by atoms with Crippen LogP contribution in [0, 0.1) is 23.3 Å². The highest BCUT2D eigenvalue weighted by molar-refractivity contribution is 6.34. The van der Waals surface area contributed by atoms with Crippen LogP contribution in [0.2, 0.25) is 10.0 Å². The van der Waals surface area contributed by atoms with Gasteiger partial charge in [0.2, 0.25) is 17.5 Å². The maximum Gasteiger partial charge on any atom is 0.261 e. The van der Waals surface area contributed by atoms with Crippen LogP contribution in [0.5, 0.6) is 5.75 Å². The Morgan fingerprint density at radius 2 is 1.69 bits per heavy atom. The number of hydrogen-bond donors (Lipinski definition) is 1. The first kappa shape index (κ1) is 21.9. The van der Waals surface area contributed by atoms with Crippen molar-refractivity contribution < 1.29 is 31.5 Å². The molecule has 3 aromatic carbocycles. The van der Waals surface area contributed by atoms with Crippen molar-refractivity contribution in [3.8, 4) is 17.2 Å². The van der Waals surface area contributed by atoms with Crippen LogP contribution in [0.25, 0.3) is 22.6 Å². The molecule has 5 nitrogen and oxygen atoms in total. The van der Waals surface area contributed by atoms with Crippen molar-refractivity contribution in [1.29, 1.82) is 0 Å². The second-order valence-corrected chi connectivity index (χ2v) is 7.29. The summed E-state index contributed by atoms with van der Waals surface area (Å²) in [6.07, 6.45) is 0. The van der Waals surface area contributed by atoms with Crippen LogP contribution < -0.4 is 10.1 Å². The zero-order valence-corrected chi connectivity index (χ0v) is 17.4. The van der Waals surface area contributed by atoms with Gasteiger partial charge in [-0.05, 0) is 36.4 Å². The Morgan fingerprint density at radius 1 is 1.00 bits per heavy atom. The fraction of sp³-hybridized carbons (Fsp3) is 0.0476. The van der Waals surface area contributed by atoms with Gasteiger partial charge in [0, 0.05) is 10.6 Å². The molecular formula is C21H10Cl2F4N2O3. The lowest BCUT2D eigenvalue weighted by Gasteiger charge is -2.12. The van der Waals surface area contributed by atoms with Crippen molar-refractivity contribution in [2.75, 3.05) is 12.4 Å². The van der Waals surface area contributed by atoms with Crippen molar-refractivity contribution in [3.05, 3.63) is 75.3 Å². The van der Waals surface area contributed by atoms with Gasteiger partial charge in [0.15, 0.2) is 23.0 Å². The molecule has 4 aromatic rings. The van der Waals surface area contributed by atoms with Gasteiger partial charge >= 0.3 is 0 Å². The number of fused-ring (bicyclic) bond motifs is 1. The molecule has 0 unspecified atom stereocenters. The molecule has 0 radical (unpaired) electrons. The number of methoxy groups -OCH3 is 1. The summed E-state index contributed by atoms with van der Waals surface area (Å²) in [6, 6.07) is 9.03. The van der Waals surface area contributed by atoms with E-state index in [0.29, 0.717) is 21.7 Å². The molecule has 0 aliphatic rings. The average Bonchev–Trinajstić information content (AvgIpc) is 3.17. The Morgan fingerprint density at radius 3 is 2.34 bits per heavy atom. The van der Waals surface area contributed by atoms with E-state index in [0.717, 1.165) is 7.11 Å². The molecule has 0 saturated carbocycles. The Hall–Kier alpha value is -3.30. The molecule has 0 atom stereocenters. The SMILES string of the molecule is COc1c(F)c(F)c(C(=O)Nc2cc(-c3nc4cc(Cl)ccc4o3)ccc2Cl)c(F)c1F. The van der Waals surface area contributed by atoms with Gasteiger partial charge in [0.1, 0.15) is 11.1 Å². The van der Waals surface area contributed by atoms with E-state index in [9.17, 15) is 22.4 Å².